The molecule has 1 heterocycles. The van der Waals surface area contributed by atoms with Crippen molar-refractivity contribution in [1.82, 2.24) is 9.80 Å². The quantitative estimate of drug-likeness (QED) is 0.447. The Kier molecular flexibility index (Phi) is 8.13. The molecule has 0 aromatic heterocycles. The second-order valence-electron chi connectivity index (χ2n) is 3.67. The van der Waals surface area contributed by atoms with Crippen molar-refractivity contribution in [3.8, 4) is 0 Å². The molecule has 0 radical (unpaired) electrons. The van der Waals surface area contributed by atoms with Crippen molar-refractivity contribution in [2.24, 2.45) is 0 Å². The molecule has 1 fully saturated rings. The van der Waals surface area contributed by atoms with Crippen LogP contribution in [0, 0.1) is 0 Å². The van der Waals surface area contributed by atoms with Gasteiger partial charge in [0.2, 0.25) is 0 Å². The third kappa shape index (κ3) is 6.54. The van der Waals surface area contributed by atoms with Crippen molar-refractivity contribution in [3.05, 3.63) is 5.32 Å². The van der Waals surface area contributed by atoms with Crippen LogP contribution in [0.5, 0.6) is 0 Å². The van der Waals surface area contributed by atoms with E-state index in [4.69, 9.17) is 0 Å². The van der Waals surface area contributed by atoms with Crippen molar-refractivity contribution < 1.29 is 18.9 Å². The summed E-state index contributed by atoms with van der Waals surface area (Å²) in [6.45, 7) is 6.88. The molecule has 72 valence electrons. The molecule has 0 bridgehead atoms. The summed E-state index contributed by atoms with van der Waals surface area (Å²) < 4.78 is 0. The molecule has 1 aliphatic rings. The maximum atomic E-state index is 4.32. The fraction of sp³-hybridized carbons (Fsp3) is 1.00. The Hall–Kier alpha value is 0.477. The van der Waals surface area contributed by atoms with Crippen molar-refractivity contribution in [1.29, 1.82) is 0 Å². The number of piperazine rings is 1. The van der Waals surface area contributed by atoms with Crippen LogP contribution in [0.2, 0.25) is 0 Å². The van der Waals surface area contributed by atoms with Crippen LogP contribution in [0.25, 0.3) is 5.32 Å². The third-order valence-corrected chi connectivity index (χ3v) is 2.23. The smallest absolute Gasteiger partial charge is 0.660 e. The van der Waals surface area contributed by atoms with Crippen molar-refractivity contribution in [3.63, 3.8) is 0 Å². The first-order chi connectivity index (χ1) is 5.79. The second-order valence-corrected chi connectivity index (χ2v) is 3.67. The minimum absolute atomic E-state index is 0. The van der Waals surface area contributed by atoms with Gasteiger partial charge in [0.25, 0.3) is 0 Å². The van der Waals surface area contributed by atoms with Crippen molar-refractivity contribution in [2.45, 2.75) is 6.42 Å². The molecule has 0 aromatic carbocycles. The Labute approximate surface area is 94.0 Å². The summed E-state index contributed by atoms with van der Waals surface area (Å²) in [7, 11) is 4.26. The van der Waals surface area contributed by atoms with Gasteiger partial charge < -0.3 is 15.1 Å². The molecule has 0 aromatic rings. The molecule has 3 nitrogen and oxygen atoms in total. The minimum Gasteiger partial charge on any atom is -0.660 e. The maximum absolute atomic E-state index is 4.32. The van der Waals surface area contributed by atoms with Crippen LogP contribution in [0.15, 0.2) is 0 Å². The molecule has 1 rings (SSSR count). The van der Waals surface area contributed by atoms with Crippen LogP contribution in [0.4, 0.5) is 0 Å². The zero-order valence-electron chi connectivity index (χ0n) is 9.29. The van der Waals surface area contributed by atoms with E-state index in [2.05, 4.69) is 29.2 Å². The Morgan fingerprint density at radius 2 is 1.85 bits per heavy atom. The molecule has 13 heavy (non-hydrogen) atoms. The molecule has 0 amide bonds. The fourth-order valence-corrected chi connectivity index (χ4v) is 1.48. The van der Waals surface area contributed by atoms with E-state index < -0.39 is 0 Å². The van der Waals surface area contributed by atoms with Gasteiger partial charge in [-0.05, 0) is 46.7 Å². The average Bonchev–Trinajstić information content (AvgIpc) is 2.05. The third-order valence-electron chi connectivity index (χ3n) is 2.23. The number of hydrogen-bond donors (Lipinski definition) is 0. The molecule has 0 N–H and O–H groups in total. The van der Waals surface area contributed by atoms with Crippen LogP contribution in [0.1, 0.15) is 6.42 Å². The van der Waals surface area contributed by atoms with E-state index in [9.17, 15) is 0 Å². The Morgan fingerprint density at radius 1 is 1.23 bits per heavy atom. The Balaban J connectivity index is 0.00000144. The van der Waals surface area contributed by atoms with E-state index in [0.717, 1.165) is 13.1 Å². The number of rotatable bonds is 4. The van der Waals surface area contributed by atoms with Crippen molar-refractivity contribution in [2.75, 3.05) is 53.4 Å². The summed E-state index contributed by atoms with van der Waals surface area (Å²) in [4.78, 5) is 4.75. The van der Waals surface area contributed by atoms with E-state index in [1.807, 2.05) is 0 Å². The molecule has 1 aliphatic heterocycles. The van der Waals surface area contributed by atoms with Crippen LogP contribution in [-0.2, 0) is 0 Å². The first-order valence-electron chi connectivity index (χ1n) is 4.79. The van der Waals surface area contributed by atoms with E-state index in [1.165, 1.54) is 32.6 Å². The van der Waals surface area contributed by atoms with Crippen LogP contribution in [-0.4, -0.2) is 63.2 Å². The zero-order valence-corrected chi connectivity index (χ0v) is 9.29. The van der Waals surface area contributed by atoms with E-state index >= 15 is 0 Å². The summed E-state index contributed by atoms with van der Waals surface area (Å²) >= 11 is 0. The molecule has 0 unspecified atom stereocenters. The number of nitrogens with zero attached hydrogens (tertiary/aromatic N) is 3. The largest absolute Gasteiger partial charge is 1.00 e. The number of hydrogen-bond acceptors (Lipinski definition) is 2. The molecule has 0 spiro atoms. The van der Waals surface area contributed by atoms with Gasteiger partial charge in [-0.15, -0.1) is 13.1 Å². The first kappa shape index (κ1) is 13.5. The van der Waals surface area contributed by atoms with E-state index in [1.54, 1.807) is 0 Å². The first-order valence-corrected chi connectivity index (χ1v) is 4.79. The standard InChI is InChI=1S/C9H20N3.Li/c1-11(2)6-3-7-12-8-4-10-5-9-12;/h3-9H2,1-2H3;/q-1;+1. The molecular weight excluding hydrogens is 157 g/mol. The normalized spacial score (nSPS) is 18.7. The predicted octanol–water partition coefficient (Wildman–Crippen LogP) is -2.37. The fourth-order valence-electron chi connectivity index (χ4n) is 1.48. The molecule has 1 saturated heterocycles. The van der Waals surface area contributed by atoms with Gasteiger partial charge in [-0.2, -0.15) is 0 Å². The molecule has 0 saturated carbocycles. The second kappa shape index (κ2) is 7.84. The average molecular weight is 177 g/mol. The topological polar surface area (TPSA) is 20.6 Å². The van der Waals surface area contributed by atoms with Gasteiger partial charge in [-0.3, -0.25) is 0 Å². The van der Waals surface area contributed by atoms with E-state index in [-0.39, 0.29) is 18.9 Å². The summed E-state index contributed by atoms with van der Waals surface area (Å²) in [5.41, 5.74) is 0. The minimum atomic E-state index is 0. The van der Waals surface area contributed by atoms with E-state index in [0.29, 0.717) is 0 Å². The zero-order chi connectivity index (χ0) is 8.81. The Morgan fingerprint density at radius 3 is 2.38 bits per heavy atom. The van der Waals surface area contributed by atoms with Gasteiger partial charge in [0.1, 0.15) is 0 Å². The van der Waals surface area contributed by atoms with Gasteiger partial charge in [-0.25, -0.2) is 0 Å². The van der Waals surface area contributed by atoms with Crippen LogP contribution >= 0.6 is 0 Å². The van der Waals surface area contributed by atoms with Crippen LogP contribution in [0.3, 0.4) is 0 Å². The van der Waals surface area contributed by atoms with Gasteiger partial charge in [0.15, 0.2) is 0 Å². The predicted molar refractivity (Wildman–Crippen MR) is 52.7 cm³/mol. The van der Waals surface area contributed by atoms with Gasteiger partial charge in [0, 0.05) is 0 Å². The molecule has 0 aliphatic carbocycles. The molecule has 0 atom stereocenters. The van der Waals surface area contributed by atoms with Gasteiger partial charge >= 0.3 is 18.9 Å². The van der Waals surface area contributed by atoms with Crippen LogP contribution < -0.4 is 18.9 Å². The SMILES string of the molecule is CN(C)CCCN1CC[N-]CC1.[Li+]. The molecule has 4 heteroatoms. The van der Waals surface area contributed by atoms with Gasteiger partial charge in [-0.1, -0.05) is 0 Å². The summed E-state index contributed by atoms with van der Waals surface area (Å²) in [5.74, 6) is 0. The maximum Gasteiger partial charge on any atom is 1.00 e. The van der Waals surface area contributed by atoms with Crippen molar-refractivity contribution >= 4 is 0 Å². The van der Waals surface area contributed by atoms with Gasteiger partial charge in [0.05, 0.1) is 0 Å². The Bertz CT molecular complexity index is 113. The summed E-state index contributed by atoms with van der Waals surface area (Å²) in [6.07, 6.45) is 1.28. The summed E-state index contributed by atoms with van der Waals surface area (Å²) in [5, 5.41) is 4.32. The monoisotopic (exact) mass is 177 g/mol. The molecular formula is C9H20LiN3. The summed E-state index contributed by atoms with van der Waals surface area (Å²) in [6, 6.07) is 0.